The molecule has 0 saturated heterocycles. The van der Waals surface area contributed by atoms with Crippen molar-refractivity contribution in [3.8, 4) is 11.1 Å². The normalized spacial score (nSPS) is 17.7. The highest BCUT2D eigenvalue weighted by Crippen LogP contribution is 2.26. The lowest BCUT2D eigenvalue weighted by Crippen LogP contribution is -2.98. The summed E-state index contributed by atoms with van der Waals surface area (Å²) in [5, 5.41) is 18.3. The first kappa shape index (κ1) is 19.3. The van der Waals surface area contributed by atoms with Crippen molar-refractivity contribution in [2.75, 3.05) is 0 Å². The maximum absolute atomic E-state index is 12.8. The van der Waals surface area contributed by atoms with E-state index in [4.69, 9.17) is 11.6 Å². The molecule has 2 aromatic rings. The third kappa shape index (κ3) is 4.05. The van der Waals surface area contributed by atoms with E-state index in [-0.39, 0.29) is 11.0 Å². The van der Waals surface area contributed by atoms with Gasteiger partial charge in [0.25, 0.3) is 5.91 Å². The van der Waals surface area contributed by atoms with Crippen molar-refractivity contribution >= 4 is 17.5 Å². The molecule has 1 unspecified atom stereocenters. The molecule has 2 aliphatic rings. The van der Waals surface area contributed by atoms with Gasteiger partial charge in [-0.05, 0) is 35.2 Å². The molecule has 0 bridgehead atoms. The number of rotatable bonds is 5. The van der Waals surface area contributed by atoms with Gasteiger partial charge in [-0.1, -0.05) is 54.9 Å². The van der Waals surface area contributed by atoms with Gasteiger partial charge in [-0.2, -0.15) is 0 Å². The van der Waals surface area contributed by atoms with Crippen molar-refractivity contribution < 1.29 is 9.86 Å². The highest BCUT2D eigenvalue weighted by atomic mass is 35.5. The van der Waals surface area contributed by atoms with Crippen molar-refractivity contribution in [1.29, 1.82) is 0 Å². The summed E-state index contributed by atoms with van der Waals surface area (Å²) in [7, 11) is 0. The minimum atomic E-state index is -0.182. The lowest BCUT2D eigenvalue weighted by Gasteiger charge is -2.24. The molecule has 1 amide bonds. The predicted molar refractivity (Wildman–Crippen MR) is 113 cm³/mol. The van der Waals surface area contributed by atoms with Crippen LogP contribution in [0.15, 0.2) is 84.3 Å². The number of halogens is 1. The van der Waals surface area contributed by atoms with Crippen molar-refractivity contribution in [1.82, 2.24) is 15.5 Å². The maximum Gasteiger partial charge on any atom is 0.270 e. The zero-order valence-electron chi connectivity index (χ0n) is 15.9. The standard InChI is InChI=1S/C22H21ClN4O2/c1-2-19-21(27-12-11-26(29)14-20(27)25-19)22(28)24-13-15-3-5-16(6-4-15)17-7-9-18(23)10-8-17/h3-12,14,25-26H,2,13H2,1H3,(H,24,28). The number of benzene rings is 2. The summed E-state index contributed by atoms with van der Waals surface area (Å²) >= 11 is 5.94. The lowest BCUT2D eigenvalue weighted by molar-refractivity contribution is -0.733. The van der Waals surface area contributed by atoms with Crippen LogP contribution in [0.1, 0.15) is 18.9 Å². The molecule has 0 saturated carbocycles. The molecule has 2 aliphatic heterocycles. The third-order valence-electron chi connectivity index (χ3n) is 4.89. The zero-order valence-corrected chi connectivity index (χ0v) is 16.7. The summed E-state index contributed by atoms with van der Waals surface area (Å²) in [5.74, 6) is 0.436. The molecule has 2 aromatic carbocycles. The number of hydrogen-bond acceptors (Lipinski definition) is 4. The second-order valence-corrected chi connectivity index (χ2v) is 7.25. The van der Waals surface area contributed by atoms with Gasteiger partial charge in [0, 0.05) is 17.3 Å². The number of nitrogens with zero attached hydrogens (tertiary/aromatic N) is 1. The highest BCUT2D eigenvalue weighted by molar-refractivity contribution is 6.30. The molecule has 148 valence electrons. The molecule has 0 radical (unpaired) electrons. The van der Waals surface area contributed by atoms with Crippen LogP contribution in [-0.4, -0.2) is 10.8 Å². The number of hydroxylamine groups is 2. The molecular formula is C22H21ClN4O2. The Labute approximate surface area is 174 Å². The number of hydrogen-bond donors (Lipinski definition) is 3. The van der Waals surface area contributed by atoms with E-state index in [1.165, 1.54) is 12.4 Å². The highest BCUT2D eigenvalue weighted by Gasteiger charge is 2.32. The first-order valence-electron chi connectivity index (χ1n) is 9.41. The summed E-state index contributed by atoms with van der Waals surface area (Å²) in [4.78, 5) is 14.6. The lowest BCUT2D eigenvalue weighted by atomic mass is 10.0. The molecule has 7 heteroatoms. The average Bonchev–Trinajstić information content (AvgIpc) is 3.10. The first-order valence-corrected chi connectivity index (χ1v) is 9.79. The molecule has 4 rings (SSSR count). The van der Waals surface area contributed by atoms with Crippen LogP contribution >= 0.6 is 11.6 Å². The monoisotopic (exact) mass is 408 g/mol. The van der Waals surface area contributed by atoms with Crippen molar-refractivity contribution in [3.63, 3.8) is 0 Å². The van der Waals surface area contributed by atoms with Gasteiger partial charge in [0.2, 0.25) is 0 Å². The van der Waals surface area contributed by atoms with E-state index in [0.29, 0.717) is 29.5 Å². The number of carbonyl (C=O) groups excluding carboxylic acids is 1. The minimum Gasteiger partial charge on any atom is -0.624 e. The molecule has 2 heterocycles. The second kappa shape index (κ2) is 8.13. The summed E-state index contributed by atoms with van der Waals surface area (Å²) in [6.45, 7) is 2.38. The number of nitrogens with one attached hydrogen (secondary N) is 3. The van der Waals surface area contributed by atoms with Crippen molar-refractivity contribution in [2.45, 2.75) is 19.9 Å². The Hall–Kier alpha value is -3.06. The van der Waals surface area contributed by atoms with Crippen LogP contribution in [0, 0.1) is 5.21 Å². The van der Waals surface area contributed by atoms with Crippen LogP contribution in [0.4, 0.5) is 0 Å². The smallest absolute Gasteiger partial charge is 0.270 e. The Kier molecular flexibility index (Phi) is 5.40. The Balaban J connectivity index is 1.43. The van der Waals surface area contributed by atoms with Gasteiger partial charge in [0.05, 0.1) is 6.20 Å². The Bertz CT molecular complexity index is 1010. The topological polar surface area (TPSA) is 71.9 Å². The Morgan fingerprint density at radius 1 is 1.14 bits per heavy atom. The van der Waals surface area contributed by atoms with Gasteiger partial charge >= 0.3 is 0 Å². The summed E-state index contributed by atoms with van der Waals surface area (Å²) in [6.07, 6.45) is 5.23. The van der Waals surface area contributed by atoms with E-state index in [0.717, 1.165) is 22.4 Å². The molecule has 0 aromatic heterocycles. The maximum atomic E-state index is 12.8. The Morgan fingerprint density at radius 2 is 1.79 bits per heavy atom. The fraction of sp³-hybridized carbons (Fsp3) is 0.136. The largest absolute Gasteiger partial charge is 0.624 e. The van der Waals surface area contributed by atoms with Gasteiger partial charge in [-0.25, -0.2) is 0 Å². The third-order valence-corrected chi connectivity index (χ3v) is 5.14. The predicted octanol–water partition coefficient (Wildman–Crippen LogP) is 2.82. The summed E-state index contributed by atoms with van der Waals surface area (Å²) in [6, 6.07) is 15.7. The number of quaternary nitrogens is 1. The molecule has 0 aliphatic carbocycles. The van der Waals surface area contributed by atoms with E-state index in [2.05, 4.69) is 10.6 Å². The van der Waals surface area contributed by atoms with E-state index in [1.807, 2.05) is 55.5 Å². The van der Waals surface area contributed by atoms with E-state index in [1.54, 1.807) is 11.1 Å². The van der Waals surface area contributed by atoms with Gasteiger partial charge in [0.1, 0.15) is 18.1 Å². The van der Waals surface area contributed by atoms with Crippen molar-refractivity contribution in [3.05, 3.63) is 100 Å². The van der Waals surface area contributed by atoms with Gasteiger partial charge in [-0.15, -0.1) is 0 Å². The summed E-state index contributed by atoms with van der Waals surface area (Å²) in [5.41, 5.74) is 4.50. The fourth-order valence-electron chi connectivity index (χ4n) is 3.36. The molecule has 0 spiro atoms. The minimum absolute atomic E-state index is 0.0957. The number of carbonyl (C=O) groups is 1. The summed E-state index contributed by atoms with van der Waals surface area (Å²) < 4.78 is 0. The van der Waals surface area contributed by atoms with E-state index in [9.17, 15) is 10.0 Å². The van der Waals surface area contributed by atoms with Crippen LogP contribution in [0.2, 0.25) is 5.02 Å². The van der Waals surface area contributed by atoms with Crippen LogP contribution in [0.3, 0.4) is 0 Å². The van der Waals surface area contributed by atoms with Gasteiger partial charge < -0.3 is 20.9 Å². The molecular weight excluding hydrogens is 388 g/mol. The van der Waals surface area contributed by atoms with Gasteiger partial charge in [0.15, 0.2) is 5.82 Å². The quantitative estimate of drug-likeness (QED) is 0.665. The van der Waals surface area contributed by atoms with Crippen LogP contribution < -0.4 is 15.7 Å². The molecule has 1 atom stereocenters. The Morgan fingerprint density at radius 3 is 2.45 bits per heavy atom. The van der Waals surface area contributed by atoms with Crippen LogP contribution in [0.25, 0.3) is 11.1 Å². The first-order chi connectivity index (χ1) is 14.0. The second-order valence-electron chi connectivity index (χ2n) is 6.81. The molecule has 29 heavy (non-hydrogen) atoms. The van der Waals surface area contributed by atoms with Crippen molar-refractivity contribution in [2.24, 2.45) is 0 Å². The molecule has 6 nitrogen and oxygen atoms in total. The zero-order chi connectivity index (χ0) is 20.4. The number of amides is 1. The fourth-order valence-corrected chi connectivity index (χ4v) is 3.48. The number of fused-ring (bicyclic) bond motifs is 1. The van der Waals surface area contributed by atoms with E-state index < -0.39 is 0 Å². The van der Waals surface area contributed by atoms with Crippen LogP contribution in [-0.2, 0) is 11.3 Å². The van der Waals surface area contributed by atoms with E-state index >= 15 is 0 Å². The molecule has 0 fully saturated rings. The molecule has 3 N–H and O–H groups in total. The average molecular weight is 409 g/mol. The number of allylic oxidation sites excluding steroid dienone is 1. The van der Waals surface area contributed by atoms with Crippen LogP contribution in [0.5, 0.6) is 0 Å². The SMILES string of the molecule is CCC1=C(C(=O)NCc2ccc(-c3ccc(Cl)cc3)cc2)N2C=C[NH+]([O-])C=C2N1. The van der Waals surface area contributed by atoms with Gasteiger partial charge in [-0.3, -0.25) is 9.69 Å².